The van der Waals surface area contributed by atoms with E-state index in [1.54, 1.807) is 6.08 Å². The third-order valence-electron chi connectivity index (χ3n) is 6.91. The highest BCUT2D eigenvalue weighted by Gasteiger charge is 2.36. The number of rotatable bonds is 9. The maximum Gasteiger partial charge on any atom is 0.248 e. The minimum absolute atomic E-state index is 0.0167. The van der Waals surface area contributed by atoms with Crippen molar-refractivity contribution in [2.45, 2.75) is 12.1 Å². The van der Waals surface area contributed by atoms with Crippen LogP contribution in [0.2, 0.25) is 0 Å². The van der Waals surface area contributed by atoms with Crippen molar-refractivity contribution in [3.8, 4) is 0 Å². The number of piperazine rings is 1. The molecule has 0 aliphatic carbocycles. The molecule has 0 saturated carbocycles. The number of β-amino-alcohol motifs (C(OH)–C–C–N with tert-alkyl or cyclic N) is 1. The summed E-state index contributed by atoms with van der Waals surface area (Å²) in [5, 5.41) is 18.6. The van der Waals surface area contributed by atoms with Gasteiger partial charge in [0.15, 0.2) is 0 Å². The molecule has 2 N–H and O–H groups in total. The fraction of sp³-hybridized carbons (Fsp3) is 0.233. The van der Waals surface area contributed by atoms with E-state index in [0.717, 1.165) is 23.4 Å². The van der Waals surface area contributed by atoms with E-state index in [-0.39, 0.29) is 24.6 Å². The third kappa shape index (κ3) is 6.77. The molecule has 1 aliphatic heterocycles. The molecule has 1 amide bonds. The molecule has 1 unspecified atom stereocenters. The molecular formula is C30H30F2N6O2. The van der Waals surface area contributed by atoms with Crippen molar-refractivity contribution in [1.29, 1.82) is 0 Å². The number of anilines is 2. The van der Waals surface area contributed by atoms with E-state index < -0.39 is 17.2 Å². The topological polar surface area (TPSA) is 86.5 Å². The van der Waals surface area contributed by atoms with Gasteiger partial charge in [0.05, 0.1) is 6.54 Å². The highest BCUT2D eigenvalue weighted by atomic mass is 19.1. The normalized spacial score (nSPS) is 15.7. The third-order valence-corrected chi connectivity index (χ3v) is 6.91. The summed E-state index contributed by atoms with van der Waals surface area (Å²) in [6, 6.07) is 20.5. The maximum absolute atomic E-state index is 14.7. The summed E-state index contributed by atoms with van der Waals surface area (Å²) in [7, 11) is 0. The first-order valence-electron chi connectivity index (χ1n) is 13.0. The van der Waals surface area contributed by atoms with Gasteiger partial charge in [-0.1, -0.05) is 36.4 Å². The second-order valence-corrected chi connectivity index (χ2v) is 9.79. The molecule has 2 heterocycles. The minimum atomic E-state index is -1.64. The SMILES string of the molecule is O=C(/C=C/c1ccccc1)Nc1ccc(N2CCN(CC(O)(Cn3cncn3)c3ccc(F)cc3F)CC2)cc1. The zero-order valence-electron chi connectivity index (χ0n) is 21.8. The molecule has 0 bridgehead atoms. The predicted molar refractivity (Wildman–Crippen MR) is 149 cm³/mol. The number of nitrogens with zero attached hydrogens (tertiary/aromatic N) is 5. The van der Waals surface area contributed by atoms with E-state index in [2.05, 4.69) is 25.2 Å². The van der Waals surface area contributed by atoms with Crippen LogP contribution in [0.3, 0.4) is 0 Å². The van der Waals surface area contributed by atoms with Crippen molar-refractivity contribution >= 4 is 23.4 Å². The second-order valence-electron chi connectivity index (χ2n) is 9.79. The van der Waals surface area contributed by atoms with Crippen LogP contribution in [0.4, 0.5) is 20.2 Å². The molecule has 3 aromatic carbocycles. The van der Waals surface area contributed by atoms with Gasteiger partial charge in [0.1, 0.15) is 29.9 Å². The first-order valence-corrected chi connectivity index (χ1v) is 13.0. The first-order chi connectivity index (χ1) is 19.4. The number of carbonyl (C=O) groups is 1. The zero-order valence-corrected chi connectivity index (χ0v) is 21.8. The van der Waals surface area contributed by atoms with Gasteiger partial charge in [-0.2, -0.15) is 5.10 Å². The number of hydrogen-bond acceptors (Lipinski definition) is 6. The number of aliphatic hydroxyl groups is 1. The van der Waals surface area contributed by atoms with Crippen molar-refractivity contribution < 1.29 is 18.7 Å². The molecule has 5 rings (SSSR count). The van der Waals surface area contributed by atoms with Gasteiger partial charge in [0.25, 0.3) is 0 Å². The molecule has 1 fully saturated rings. The Labute approximate surface area is 231 Å². The first kappa shape index (κ1) is 27.2. The van der Waals surface area contributed by atoms with Gasteiger partial charge >= 0.3 is 0 Å². The van der Waals surface area contributed by atoms with Crippen molar-refractivity contribution in [2.24, 2.45) is 0 Å². The smallest absolute Gasteiger partial charge is 0.248 e. The van der Waals surface area contributed by atoms with Crippen LogP contribution >= 0.6 is 0 Å². The molecule has 1 aliphatic rings. The van der Waals surface area contributed by atoms with Crippen molar-refractivity contribution in [3.05, 3.63) is 114 Å². The highest BCUT2D eigenvalue weighted by molar-refractivity contribution is 6.02. The quantitative estimate of drug-likeness (QED) is 0.311. The molecule has 206 valence electrons. The number of hydrogen-bond donors (Lipinski definition) is 2. The summed E-state index contributed by atoms with van der Waals surface area (Å²) in [6.45, 7) is 2.76. The number of nitrogens with one attached hydrogen (secondary N) is 1. The van der Waals surface area contributed by atoms with E-state index >= 15 is 0 Å². The summed E-state index contributed by atoms with van der Waals surface area (Å²) in [5.41, 5.74) is 1.04. The predicted octanol–water partition coefficient (Wildman–Crippen LogP) is 3.92. The number of carbonyl (C=O) groups excluding carboxylic acids is 1. The Morgan fingerprint density at radius 1 is 0.975 bits per heavy atom. The standard InChI is InChI=1S/C30H30F2N6O2/c31-24-7-12-27(28(32)18-24)30(40,20-38-22-33-21-34-38)19-36-14-16-37(17-15-36)26-10-8-25(9-11-26)35-29(39)13-6-23-4-2-1-3-5-23/h1-13,18,21-22,40H,14-17,19-20H2,(H,35,39)/b13-6+. The summed E-state index contributed by atoms with van der Waals surface area (Å²) in [6.07, 6.45) is 6.07. The molecule has 4 aromatic rings. The van der Waals surface area contributed by atoms with Crippen LogP contribution in [-0.4, -0.2) is 63.4 Å². The summed E-state index contributed by atoms with van der Waals surface area (Å²) >= 11 is 0. The lowest BCUT2D eigenvalue weighted by Gasteiger charge is -2.40. The van der Waals surface area contributed by atoms with Gasteiger partial charge in [-0.25, -0.2) is 18.4 Å². The van der Waals surface area contributed by atoms with Gasteiger partial charge < -0.3 is 15.3 Å². The van der Waals surface area contributed by atoms with Gasteiger partial charge in [-0.05, 0) is 42.0 Å². The van der Waals surface area contributed by atoms with Crippen LogP contribution in [0.25, 0.3) is 6.08 Å². The Hall–Kier alpha value is -4.41. The van der Waals surface area contributed by atoms with Crippen LogP contribution in [0.5, 0.6) is 0 Å². The molecule has 1 atom stereocenters. The van der Waals surface area contributed by atoms with Crippen molar-refractivity contribution in [2.75, 3.05) is 42.9 Å². The number of benzene rings is 3. The second kappa shape index (κ2) is 12.2. The van der Waals surface area contributed by atoms with Crippen LogP contribution in [0.15, 0.2) is 91.5 Å². The molecular weight excluding hydrogens is 514 g/mol. The van der Waals surface area contributed by atoms with Gasteiger partial charge in [0, 0.05) is 61.8 Å². The zero-order chi connectivity index (χ0) is 28.0. The monoisotopic (exact) mass is 544 g/mol. The van der Waals surface area contributed by atoms with Crippen molar-refractivity contribution in [1.82, 2.24) is 19.7 Å². The lowest BCUT2D eigenvalue weighted by molar-refractivity contribution is -0.111. The lowest BCUT2D eigenvalue weighted by Crippen LogP contribution is -2.52. The molecule has 0 spiro atoms. The lowest BCUT2D eigenvalue weighted by atomic mass is 9.92. The molecule has 0 radical (unpaired) electrons. The molecule has 10 heteroatoms. The Bertz CT molecular complexity index is 1440. The van der Waals surface area contributed by atoms with Gasteiger partial charge in [-0.15, -0.1) is 0 Å². The van der Waals surface area contributed by atoms with E-state index in [1.165, 1.54) is 29.5 Å². The number of amides is 1. The van der Waals surface area contributed by atoms with E-state index in [1.807, 2.05) is 54.6 Å². The Morgan fingerprint density at radius 3 is 2.40 bits per heavy atom. The maximum atomic E-state index is 14.7. The van der Waals surface area contributed by atoms with Gasteiger partial charge in [-0.3, -0.25) is 9.69 Å². The van der Waals surface area contributed by atoms with E-state index in [0.29, 0.717) is 31.9 Å². The van der Waals surface area contributed by atoms with Gasteiger partial charge in [0.2, 0.25) is 5.91 Å². The minimum Gasteiger partial charge on any atom is -0.382 e. The Kier molecular flexibility index (Phi) is 8.28. The summed E-state index contributed by atoms with van der Waals surface area (Å²) < 4.78 is 29.8. The van der Waals surface area contributed by atoms with E-state index in [4.69, 9.17) is 0 Å². The molecule has 8 nitrogen and oxygen atoms in total. The molecule has 1 saturated heterocycles. The highest BCUT2D eigenvalue weighted by Crippen LogP contribution is 2.29. The summed E-state index contributed by atoms with van der Waals surface area (Å²) in [4.78, 5) is 20.5. The largest absolute Gasteiger partial charge is 0.382 e. The number of halogens is 2. The van der Waals surface area contributed by atoms with Crippen LogP contribution < -0.4 is 10.2 Å². The Morgan fingerprint density at radius 2 is 1.73 bits per heavy atom. The average Bonchev–Trinajstić information content (AvgIpc) is 3.46. The number of aromatic nitrogens is 3. The molecule has 40 heavy (non-hydrogen) atoms. The Balaban J connectivity index is 1.18. The summed E-state index contributed by atoms with van der Waals surface area (Å²) in [5.74, 6) is -1.71. The average molecular weight is 545 g/mol. The van der Waals surface area contributed by atoms with Crippen LogP contribution in [0, 0.1) is 11.6 Å². The van der Waals surface area contributed by atoms with Crippen LogP contribution in [-0.2, 0) is 16.9 Å². The van der Waals surface area contributed by atoms with Crippen LogP contribution in [0.1, 0.15) is 11.1 Å². The fourth-order valence-electron chi connectivity index (χ4n) is 4.88. The van der Waals surface area contributed by atoms with Crippen molar-refractivity contribution in [3.63, 3.8) is 0 Å². The molecule has 1 aromatic heterocycles. The fourth-order valence-corrected chi connectivity index (χ4v) is 4.88. The van der Waals surface area contributed by atoms with E-state index in [9.17, 15) is 18.7 Å².